The van der Waals surface area contributed by atoms with Crippen LogP contribution in [0, 0.1) is 6.92 Å². The van der Waals surface area contributed by atoms with Gasteiger partial charge in [-0.2, -0.15) is 0 Å². The SMILES string of the molecule is Cc1ccc(OC(C)C(=O)NN)c(C(C)(C)C)c1. The van der Waals surface area contributed by atoms with Crippen molar-refractivity contribution in [3.63, 3.8) is 0 Å². The van der Waals surface area contributed by atoms with E-state index in [1.54, 1.807) is 6.92 Å². The minimum atomic E-state index is -0.612. The molecule has 4 nitrogen and oxygen atoms in total. The molecule has 0 aromatic heterocycles. The highest BCUT2D eigenvalue weighted by molar-refractivity contribution is 5.80. The molecule has 1 aromatic rings. The van der Waals surface area contributed by atoms with Gasteiger partial charge in [-0.25, -0.2) is 5.84 Å². The normalized spacial score (nSPS) is 13.0. The number of carbonyl (C=O) groups excluding carboxylic acids is 1. The van der Waals surface area contributed by atoms with Gasteiger partial charge in [0, 0.05) is 0 Å². The summed E-state index contributed by atoms with van der Waals surface area (Å²) in [4.78, 5) is 11.4. The Hall–Kier alpha value is -1.55. The molecule has 100 valence electrons. The number of hydrogen-bond acceptors (Lipinski definition) is 3. The van der Waals surface area contributed by atoms with Gasteiger partial charge in [-0.15, -0.1) is 0 Å². The van der Waals surface area contributed by atoms with Crippen LogP contribution in [0.1, 0.15) is 38.8 Å². The summed E-state index contributed by atoms with van der Waals surface area (Å²) in [7, 11) is 0. The van der Waals surface area contributed by atoms with Crippen molar-refractivity contribution < 1.29 is 9.53 Å². The summed E-state index contributed by atoms with van der Waals surface area (Å²) < 4.78 is 5.69. The fourth-order valence-electron chi connectivity index (χ4n) is 1.69. The van der Waals surface area contributed by atoms with Crippen molar-refractivity contribution in [1.29, 1.82) is 0 Å². The first-order valence-electron chi connectivity index (χ1n) is 6.04. The van der Waals surface area contributed by atoms with Crippen molar-refractivity contribution in [3.05, 3.63) is 29.3 Å². The molecule has 0 saturated heterocycles. The van der Waals surface area contributed by atoms with Crippen LogP contribution in [0.4, 0.5) is 0 Å². The van der Waals surface area contributed by atoms with Gasteiger partial charge < -0.3 is 4.74 Å². The number of hydrogen-bond donors (Lipinski definition) is 2. The lowest BCUT2D eigenvalue weighted by Crippen LogP contribution is -2.40. The Morgan fingerprint density at radius 1 is 1.39 bits per heavy atom. The molecule has 1 amide bonds. The number of nitrogens with one attached hydrogen (secondary N) is 1. The number of rotatable bonds is 3. The van der Waals surface area contributed by atoms with Crippen LogP contribution in [0.3, 0.4) is 0 Å². The van der Waals surface area contributed by atoms with Gasteiger partial charge in [-0.3, -0.25) is 10.2 Å². The lowest BCUT2D eigenvalue weighted by Gasteiger charge is -2.25. The first kappa shape index (κ1) is 14.5. The Bertz CT molecular complexity index is 436. The highest BCUT2D eigenvalue weighted by Crippen LogP contribution is 2.32. The molecule has 0 aliphatic rings. The second-order valence-corrected chi connectivity index (χ2v) is 5.52. The molecule has 1 atom stereocenters. The molecule has 0 saturated carbocycles. The van der Waals surface area contributed by atoms with E-state index in [-0.39, 0.29) is 11.3 Å². The molecule has 1 unspecified atom stereocenters. The highest BCUT2D eigenvalue weighted by Gasteiger charge is 2.22. The van der Waals surface area contributed by atoms with Gasteiger partial charge in [0.05, 0.1) is 0 Å². The van der Waals surface area contributed by atoms with Crippen molar-refractivity contribution in [3.8, 4) is 5.75 Å². The number of carbonyl (C=O) groups is 1. The van der Waals surface area contributed by atoms with E-state index in [2.05, 4.69) is 32.3 Å². The van der Waals surface area contributed by atoms with Gasteiger partial charge in [0.2, 0.25) is 0 Å². The first-order valence-corrected chi connectivity index (χ1v) is 6.04. The zero-order chi connectivity index (χ0) is 13.9. The summed E-state index contributed by atoms with van der Waals surface area (Å²) in [6.07, 6.45) is -0.612. The molecule has 0 aliphatic carbocycles. The Balaban J connectivity index is 3.06. The second kappa shape index (κ2) is 5.40. The Morgan fingerprint density at radius 2 is 2.00 bits per heavy atom. The van der Waals surface area contributed by atoms with Gasteiger partial charge >= 0.3 is 0 Å². The minimum Gasteiger partial charge on any atom is -0.481 e. The fourth-order valence-corrected chi connectivity index (χ4v) is 1.69. The van der Waals surface area contributed by atoms with E-state index in [9.17, 15) is 4.79 Å². The van der Waals surface area contributed by atoms with E-state index in [0.29, 0.717) is 0 Å². The molecule has 0 radical (unpaired) electrons. The zero-order valence-corrected chi connectivity index (χ0v) is 11.7. The molecular weight excluding hydrogens is 228 g/mol. The van der Waals surface area contributed by atoms with E-state index in [1.807, 2.05) is 19.1 Å². The third-order valence-corrected chi connectivity index (χ3v) is 2.76. The Kier molecular flexibility index (Phi) is 4.35. The average molecular weight is 250 g/mol. The number of nitrogens with two attached hydrogens (primary N) is 1. The van der Waals surface area contributed by atoms with E-state index in [4.69, 9.17) is 10.6 Å². The van der Waals surface area contributed by atoms with Crippen LogP contribution in [-0.4, -0.2) is 12.0 Å². The van der Waals surface area contributed by atoms with Crippen molar-refractivity contribution in [1.82, 2.24) is 5.43 Å². The van der Waals surface area contributed by atoms with E-state index >= 15 is 0 Å². The first-order chi connectivity index (χ1) is 8.25. The van der Waals surface area contributed by atoms with Gasteiger partial charge in [-0.05, 0) is 30.9 Å². The van der Waals surface area contributed by atoms with Crippen LogP contribution in [0.5, 0.6) is 5.75 Å². The minimum absolute atomic E-state index is 0.0414. The van der Waals surface area contributed by atoms with Crippen molar-refractivity contribution in [2.24, 2.45) is 5.84 Å². The Morgan fingerprint density at radius 3 is 2.50 bits per heavy atom. The average Bonchev–Trinajstić information content (AvgIpc) is 2.28. The molecule has 0 bridgehead atoms. The van der Waals surface area contributed by atoms with Crippen LogP contribution < -0.4 is 16.0 Å². The number of ether oxygens (including phenoxy) is 1. The van der Waals surface area contributed by atoms with Gasteiger partial charge in [0.15, 0.2) is 6.10 Å². The largest absolute Gasteiger partial charge is 0.481 e. The molecular formula is C14H22N2O2. The van der Waals surface area contributed by atoms with Crippen LogP contribution in [0.15, 0.2) is 18.2 Å². The molecule has 0 spiro atoms. The third-order valence-electron chi connectivity index (χ3n) is 2.76. The molecule has 4 heteroatoms. The fraction of sp³-hybridized carbons (Fsp3) is 0.500. The molecule has 3 N–H and O–H groups in total. The predicted molar refractivity (Wildman–Crippen MR) is 72.3 cm³/mol. The molecule has 1 aromatic carbocycles. The van der Waals surface area contributed by atoms with Crippen LogP contribution >= 0.6 is 0 Å². The quantitative estimate of drug-likeness (QED) is 0.490. The van der Waals surface area contributed by atoms with E-state index < -0.39 is 6.10 Å². The molecule has 0 heterocycles. The predicted octanol–water partition coefficient (Wildman–Crippen LogP) is 2.05. The maximum absolute atomic E-state index is 11.4. The maximum atomic E-state index is 11.4. The molecule has 18 heavy (non-hydrogen) atoms. The van der Waals surface area contributed by atoms with Gasteiger partial charge in [0.1, 0.15) is 5.75 Å². The number of hydrazine groups is 1. The summed E-state index contributed by atoms with van der Waals surface area (Å²) in [5.74, 6) is 5.48. The third kappa shape index (κ3) is 3.47. The van der Waals surface area contributed by atoms with Crippen molar-refractivity contribution >= 4 is 5.91 Å². The number of benzene rings is 1. The van der Waals surface area contributed by atoms with Crippen LogP contribution in [0.2, 0.25) is 0 Å². The standard InChI is InChI=1S/C14H22N2O2/c1-9-6-7-12(11(8-9)14(3,4)5)18-10(2)13(17)16-15/h6-8,10H,15H2,1-5H3,(H,16,17). The lowest BCUT2D eigenvalue weighted by atomic mass is 9.85. The monoisotopic (exact) mass is 250 g/mol. The van der Waals surface area contributed by atoms with Crippen LogP contribution in [-0.2, 0) is 10.2 Å². The number of aryl methyl sites for hydroxylation is 1. The summed E-state index contributed by atoms with van der Waals surface area (Å²) in [6, 6.07) is 5.95. The maximum Gasteiger partial charge on any atom is 0.274 e. The van der Waals surface area contributed by atoms with E-state index in [1.165, 1.54) is 5.56 Å². The summed E-state index contributed by atoms with van der Waals surface area (Å²) in [5, 5.41) is 0. The smallest absolute Gasteiger partial charge is 0.274 e. The molecule has 0 fully saturated rings. The lowest BCUT2D eigenvalue weighted by molar-refractivity contribution is -0.127. The van der Waals surface area contributed by atoms with Crippen LogP contribution in [0.25, 0.3) is 0 Å². The van der Waals surface area contributed by atoms with Crippen molar-refractivity contribution in [2.45, 2.75) is 46.1 Å². The Labute approximate surface area is 108 Å². The zero-order valence-electron chi connectivity index (χ0n) is 11.7. The number of amides is 1. The second-order valence-electron chi connectivity index (χ2n) is 5.52. The van der Waals surface area contributed by atoms with Gasteiger partial charge in [0.25, 0.3) is 5.91 Å². The molecule has 1 rings (SSSR count). The van der Waals surface area contributed by atoms with Gasteiger partial charge in [-0.1, -0.05) is 38.5 Å². The summed E-state index contributed by atoms with van der Waals surface area (Å²) >= 11 is 0. The molecule has 0 aliphatic heterocycles. The summed E-state index contributed by atoms with van der Waals surface area (Å²) in [6.45, 7) is 10.1. The van der Waals surface area contributed by atoms with Crippen molar-refractivity contribution in [2.75, 3.05) is 0 Å². The van der Waals surface area contributed by atoms with E-state index in [0.717, 1.165) is 11.3 Å². The summed E-state index contributed by atoms with van der Waals surface area (Å²) in [5.41, 5.74) is 4.30. The highest BCUT2D eigenvalue weighted by atomic mass is 16.5. The topological polar surface area (TPSA) is 64.3 Å².